The largest absolute Gasteiger partial charge is 0.482 e. The Labute approximate surface area is 158 Å². The standard InChI is InChI=1S/C20H16O8/c1-11-2-4-12(5-3-11)14-8-27-15-6-13(26-9-17(21)22)7-16(19(15)20(14)25)28-10-18(23)24/h2-8H,9-10H2,1H3,(H,21,22)(H,23,24). The first-order chi connectivity index (χ1) is 13.3. The van der Waals surface area contributed by atoms with Gasteiger partial charge in [0.05, 0.1) is 5.56 Å². The van der Waals surface area contributed by atoms with Gasteiger partial charge in [-0.05, 0) is 12.5 Å². The summed E-state index contributed by atoms with van der Waals surface area (Å²) in [4.78, 5) is 34.6. The zero-order valence-electron chi connectivity index (χ0n) is 14.8. The third kappa shape index (κ3) is 4.12. The minimum Gasteiger partial charge on any atom is -0.482 e. The van der Waals surface area contributed by atoms with Gasteiger partial charge >= 0.3 is 11.9 Å². The van der Waals surface area contributed by atoms with Crippen LogP contribution in [0.25, 0.3) is 22.1 Å². The predicted molar refractivity (Wildman–Crippen MR) is 98.9 cm³/mol. The molecule has 0 aliphatic rings. The first-order valence-corrected chi connectivity index (χ1v) is 8.21. The lowest BCUT2D eigenvalue weighted by atomic mass is 10.0. The monoisotopic (exact) mass is 384 g/mol. The number of carboxylic acid groups (broad SMARTS) is 2. The van der Waals surface area contributed by atoms with Gasteiger partial charge in [0, 0.05) is 12.1 Å². The number of carbonyl (C=O) groups is 2. The summed E-state index contributed by atoms with van der Waals surface area (Å²) in [5.74, 6) is -2.42. The van der Waals surface area contributed by atoms with Crippen LogP contribution in [0, 0.1) is 6.92 Å². The van der Waals surface area contributed by atoms with Gasteiger partial charge in [-0.1, -0.05) is 29.8 Å². The summed E-state index contributed by atoms with van der Waals surface area (Å²) in [7, 11) is 0. The van der Waals surface area contributed by atoms with Crippen molar-refractivity contribution in [3.05, 3.63) is 58.4 Å². The van der Waals surface area contributed by atoms with Crippen LogP contribution in [-0.2, 0) is 9.59 Å². The number of aliphatic carboxylic acids is 2. The molecule has 0 radical (unpaired) electrons. The van der Waals surface area contributed by atoms with Crippen molar-refractivity contribution in [2.45, 2.75) is 6.92 Å². The van der Waals surface area contributed by atoms with E-state index < -0.39 is 30.6 Å². The van der Waals surface area contributed by atoms with Crippen LogP contribution in [0.4, 0.5) is 0 Å². The van der Waals surface area contributed by atoms with Crippen LogP contribution in [0.5, 0.6) is 11.5 Å². The molecule has 1 heterocycles. The average molecular weight is 384 g/mol. The summed E-state index contributed by atoms with van der Waals surface area (Å²) < 4.78 is 15.9. The van der Waals surface area contributed by atoms with E-state index in [-0.39, 0.29) is 28.0 Å². The molecule has 0 spiro atoms. The second kappa shape index (κ2) is 7.83. The second-order valence-corrected chi connectivity index (χ2v) is 6.00. The molecule has 2 aromatic carbocycles. The van der Waals surface area contributed by atoms with Gasteiger partial charge in [0.2, 0.25) is 5.43 Å². The molecule has 0 fully saturated rings. The maximum atomic E-state index is 13.0. The highest BCUT2D eigenvalue weighted by Gasteiger charge is 2.17. The molecule has 2 N–H and O–H groups in total. The van der Waals surface area contributed by atoms with Crippen molar-refractivity contribution in [1.82, 2.24) is 0 Å². The SMILES string of the molecule is Cc1ccc(-c2coc3cc(OCC(=O)O)cc(OCC(=O)O)c3c2=O)cc1. The number of fused-ring (bicyclic) bond motifs is 1. The lowest BCUT2D eigenvalue weighted by Crippen LogP contribution is -2.13. The molecule has 0 atom stereocenters. The Morgan fingerprint density at radius 2 is 1.64 bits per heavy atom. The van der Waals surface area contributed by atoms with Crippen LogP contribution in [0.2, 0.25) is 0 Å². The molecule has 0 aliphatic carbocycles. The molecule has 0 unspecified atom stereocenters. The lowest BCUT2D eigenvalue weighted by molar-refractivity contribution is -0.140. The van der Waals surface area contributed by atoms with Crippen molar-refractivity contribution in [3.8, 4) is 22.6 Å². The molecule has 3 rings (SSSR count). The molecule has 0 saturated heterocycles. The first kappa shape index (κ1) is 19.0. The summed E-state index contributed by atoms with van der Waals surface area (Å²) in [5.41, 5.74) is 1.63. The highest BCUT2D eigenvalue weighted by molar-refractivity contribution is 5.88. The van der Waals surface area contributed by atoms with Crippen LogP contribution in [-0.4, -0.2) is 35.4 Å². The molecule has 28 heavy (non-hydrogen) atoms. The Hall–Kier alpha value is -3.81. The predicted octanol–water partition coefficient (Wildman–Crippen LogP) is 2.70. The third-order valence-electron chi connectivity index (χ3n) is 3.89. The smallest absolute Gasteiger partial charge is 0.341 e. The normalized spacial score (nSPS) is 10.6. The summed E-state index contributed by atoms with van der Waals surface area (Å²) in [6, 6.07) is 9.87. The van der Waals surface area contributed by atoms with Gasteiger partial charge in [-0.2, -0.15) is 0 Å². The van der Waals surface area contributed by atoms with Gasteiger partial charge in [-0.25, -0.2) is 9.59 Å². The molecule has 0 saturated carbocycles. The summed E-state index contributed by atoms with van der Waals surface area (Å²) >= 11 is 0. The van der Waals surface area contributed by atoms with Crippen LogP contribution in [0.15, 0.2) is 51.9 Å². The number of carboxylic acids is 2. The van der Waals surface area contributed by atoms with E-state index in [1.807, 2.05) is 19.1 Å². The Morgan fingerprint density at radius 1 is 1.00 bits per heavy atom. The Bertz CT molecular complexity index is 1100. The van der Waals surface area contributed by atoms with Crippen molar-refractivity contribution in [2.24, 2.45) is 0 Å². The third-order valence-corrected chi connectivity index (χ3v) is 3.89. The number of ether oxygens (including phenoxy) is 2. The summed E-state index contributed by atoms with van der Waals surface area (Å²) in [5, 5.41) is 17.7. The van der Waals surface area contributed by atoms with E-state index >= 15 is 0 Å². The zero-order chi connectivity index (χ0) is 20.3. The van der Waals surface area contributed by atoms with Gasteiger partial charge in [-0.3, -0.25) is 4.79 Å². The number of hydrogen-bond donors (Lipinski definition) is 2. The molecule has 8 heteroatoms. The van der Waals surface area contributed by atoms with E-state index in [0.717, 1.165) is 5.56 Å². The van der Waals surface area contributed by atoms with Crippen LogP contribution >= 0.6 is 0 Å². The highest BCUT2D eigenvalue weighted by Crippen LogP contribution is 2.31. The molecule has 0 bridgehead atoms. The number of aryl methyl sites for hydroxylation is 1. The molecule has 0 aliphatic heterocycles. The fourth-order valence-corrected chi connectivity index (χ4v) is 2.61. The highest BCUT2D eigenvalue weighted by atomic mass is 16.5. The van der Waals surface area contributed by atoms with Gasteiger partial charge in [0.25, 0.3) is 0 Å². The van der Waals surface area contributed by atoms with Crippen molar-refractivity contribution in [3.63, 3.8) is 0 Å². The topological polar surface area (TPSA) is 123 Å². The zero-order valence-corrected chi connectivity index (χ0v) is 14.8. The molecule has 8 nitrogen and oxygen atoms in total. The maximum Gasteiger partial charge on any atom is 0.341 e. The number of hydrogen-bond acceptors (Lipinski definition) is 6. The van der Waals surface area contributed by atoms with Crippen LogP contribution in [0.1, 0.15) is 5.56 Å². The van der Waals surface area contributed by atoms with Gasteiger partial charge in [0.1, 0.15) is 28.7 Å². The van der Waals surface area contributed by atoms with Crippen molar-refractivity contribution >= 4 is 22.9 Å². The van der Waals surface area contributed by atoms with Crippen LogP contribution < -0.4 is 14.9 Å². The lowest BCUT2D eigenvalue weighted by Gasteiger charge is -2.11. The fraction of sp³-hybridized carbons (Fsp3) is 0.150. The summed E-state index contributed by atoms with van der Waals surface area (Å²) in [6.45, 7) is 0.615. The van der Waals surface area contributed by atoms with E-state index in [1.165, 1.54) is 18.4 Å². The van der Waals surface area contributed by atoms with E-state index in [2.05, 4.69) is 0 Å². The number of benzene rings is 2. The Morgan fingerprint density at radius 3 is 2.29 bits per heavy atom. The molecule has 0 amide bonds. The van der Waals surface area contributed by atoms with E-state index in [9.17, 15) is 14.4 Å². The van der Waals surface area contributed by atoms with Gasteiger partial charge in [0.15, 0.2) is 13.2 Å². The van der Waals surface area contributed by atoms with Crippen molar-refractivity contribution in [1.29, 1.82) is 0 Å². The minimum atomic E-state index is -1.23. The Kier molecular flexibility index (Phi) is 5.30. The molecular formula is C20H16O8. The fourth-order valence-electron chi connectivity index (χ4n) is 2.61. The van der Waals surface area contributed by atoms with E-state index in [1.54, 1.807) is 12.1 Å². The van der Waals surface area contributed by atoms with E-state index in [0.29, 0.717) is 5.56 Å². The first-order valence-electron chi connectivity index (χ1n) is 8.21. The molecule has 144 valence electrons. The number of rotatable bonds is 7. The molecular weight excluding hydrogens is 368 g/mol. The van der Waals surface area contributed by atoms with E-state index in [4.69, 9.17) is 24.1 Å². The second-order valence-electron chi connectivity index (χ2n) is 6.00. The maximum absolute atomic E-state index is 13.0. The Balaban J connectivity index is 2.15. The van der Waals surface area contributed by atoms with Gasteiger partial charge in [-0.15, -0.1) is 0 Å². The van der Waals surface area contributed by atoms with Crippen molar-refractivity contribution in [2.75, 3.05) is 13.2 Å². The van der Waals surface area contributed by atoms with Crippen LogP contribution in [0.3, 0.4) is 0 Å². The molecule has 3 aromatic rings. The average Bonchev–Trinajstić information content (AvgIpc) is 2.65. The minimum absolute atomic E-state index is 0.0435. The van der Waals surface area contributed by atoms with Crippen molar-refractivity contribution < 1.29 is 33.7 Å². The summed E-state index contributed by atoms with van der Waals surface area (Å²) in [6.07, 6.45) is 1.29. The van der Waals surface area contributed by atoms with Gasteiger partial charge < -0.3 is 24.1 Å². The quantitative estimate of drug-likeness (QED) is 0.637. The molecule has 1 aromatic heterocycles.